The van der Waals surface area contributed by atoms with E-state index in [1.165, 1.54) is 6.92 Å². The third kappa shape index (κ3) is 1.94. The lowest BCUT2D eigenvalue weighted by Gasteiger charge is -2.27. The van der Waals surface area contributed by atoms with Crippen LogP contribution in [0, 0.1) is 0 Å². The van der Waals surface area contributed by atoms with Crippen LogP contribution < -0.4 is 4.74 Å². The monoisotopic (exact) mass is 222 g/mol. The zero-order chi connectivity index (χ0) is 11.7. The second-order valence-electron chi connectivity index (χ2n) is 3.97. The van der Waals surface area contributed by atoms with Gasteiger partial charge in [0.15, 0.2) is 0 Å². The summed E-state index contributed by atoms with van der Waals surface area (Å²) >= 11 is 0. The van der Waals surface area contributed by atoms with Crippen molar-refractivity contribution in [3.05, 3.63) is 29.3 Å². The standard InChI is InChI=1S/C12H14O4/c1-7(13)16-11-4-2-3-9-8(11)5-6-10(14)12(9)15/h2-4,10,12,14-15H,5-6H2,1H3/t10-,12-/m0/s1. The molecule has 0 amide bonds. The van der Waals surface area contributed by atoms with Crippen LogP contribution in [0.5, 0.6) is 5.75 Å². The molecule has 4 heteroatoms. The molecule has 0 radical (unpaired) electrons. The smallest absolute Gasteiger partial charge is 0.308 e. The summed E-state index contributed by atoms with van der Waals surface area (Å²) in [6, 6.07) is 5.15. The number of rotatable bonds is 1. The van der Waals surface area contributed by atoms with Crippen LogP contribution in [0.2, 0.25) is 0 Å². The quantitative estimate of drug-likeness (QED) is 0.548. The lowest BCUT2D eigenvalue weighted by atomic mass is 9.87. The largest absolute Gasteiger partial charge is 0.426 e. The highest BCUT2D eigenvalue weighted by Gasteiger charge is 2.28. The van der Waals surface area contributed by atoms with Crippen LogP contribution in [-0.2, 0) is 11.2 Å². The molecule has 0 unspecified atom stereocenters. The van der Waals surface area contributed by atoms with Gasteiger partial charge < -0.3 is 14.9 Å². The van der Waals surface area contributed by atoms with E-state index in [0.717, 1.165) is 5.56 Å². The highest BCUT2D eigenvalue weighted by Crippen LogP contribution is 2.35. The van der Waals surface area contributed by atoms with Crippen molar-refractivity contribution in [2.24, 2.45) is 0 Å². The van der Waals surface area contributed by atoms with E-state index in [2.05, 4.69) is 0 Å². The van der Waals surface area contributed by atoms with E-state index in [1.807, 2.05) is 0 Å². The minimum Gasteiger partial charge on any atom is -0.426 e. The predicted octanol–water partition coefficient (Wildman–Crippen LogP) is 0.952. The lowest BCUT2D eigenvalue weighted by molar-refractivity contribution is -0.131. The van der Waals surface area contributed by atoms with Gasteiger partial charge in [0, 0.05) is 12.5 Å². The van der Waals surface area contributed by atoms with E-state index in [-0.39, 0.29) is 5.97 Å². The summed E-state index contributed by atoms with van der Waals surface area (Å²) in [6.45, 7) is 1.34. The van der Waals surface area contributed by atoms with Crippen molar-refractivity contribution in [2.45, 2.75) is 32.0 Å². The summed E-state index contributed by atoms with van der Waals surface area (Å²) < 4.78 is 5.06. The van der Waals surface area contributed by atoms with Gasteiger partial charge in [-0.05, 0) is 24.5 Å². The van der Waals surface area contributed by atoms with E-state index >= 15 is 0 Å². The number of benzene rings is 1. The van der Waals surface area contributed by atoms with Crippen molar-refractivity contribution in [3.8, 4) is 5.75 Å². The highest BCUT2D eigenvalue weighted by molar-refractivity contribution is 5.70. The molecule has 0 fully saturated rings. The van der Waals surface area contributed by atoms with Gasteiger partial charge in [0.2, 0.25) is 0 Å². The Hall–Kier alpha value is -1.39. The summed E-state index contributed by atoms with van der Waals surface area (Å²) in [5, 5.41) is 19.3. The predicted molar refractivity (Wildman–Crippen MR) is 57.0 cm³/mol. The molecule has 0 saturated heterocycles. The molecule has 16 heavy (non-hydrogen) atoms. The average Bonchev–Trinajstić information content (AvgIpc) is 2.23. The molecule has 0 heterocycles. The number of aliphatic hydroxyl groups excluding tert-OH is 2. The molecule has 86 valence electrons. The maximum atomic E-state index is 10.9. The number of esters is 1. The van der Waals surface area contributed by atoms with Gasteiger partial charge >= 0.3 is 5.97 Å². The first-order chi connectivity index (χ1) is 7.59. The molecule has 4 nitrogen and oxygen atoms in total. The maximum absolute atomic E-state index is 10.9. The second-order valence-corrected chi connectivity index (χ2v) is 3.97. The van der Waals surface area contributed by atoms with Gasteiger partial charge in [-0.3, -0.25) is 4.79 Å². The Labute approximate surface area is 93.5 Å². The zero-order valence-electron chi connectivity index (χ0n) is 9.01. The molecule has 0 aromatic heterocycles. The molecule has 1 aliphatic carbocycles. The molecule has 2 N–H and O–H groups in total. The van der Waals surface area contributed by atoms with Crippen molar-refractivity contribution in [2.75, 3.05) is 0 Å². The molecule has 0 aliphatic heterocycles. The summed E-state index contributed by atoms with van der Waals surface area (Å²) in [5.74, 6) is 0.102. The number of ether oxygens (including phenoxy) is 1. The SMILES string of the molecule is CC(=O)Oc1cccc2c1CC[C@H](O)[C@H]2O. The third-order valence-corrected chi connectivity index (χ3v) is 2.80. The number of carbonyl (C=O) groups excluding carboxylic acids is 1. The molecule has 2 atom stereocenters. The minimum absolute atomic E-state index is 0.381. The van der Waals surface area contributed by atoms with Crippen LogP contribution in [0.4, 0.5) is 0 Å². The van der Waals surface area contributed by atoms with Crippen molar-refractivity contribution < 1.29 is 19.7 Å². The molecular formula is C12H14O4. The summed E-state index contributed by atoms with van der Waals surface area (Å²) in [6.07, 6.45) is -0.539. The Bertz CT molecular complexity index is 413. The van der Waals surface area contributed by atoms with Crippen molar-refractivity contribution in [3.63, 3.8) is 0 Å². The summed E-state index contributed by atoms with van der Waals surface area (Å²) in [5.41, 5.74) is 1.47. The molecule has 1 aromatic rings. The van der Waals surface area contributed by atoms with Crippen molar-refractivity contribution in [1.82, 2.24) is 0 Å². The topological polar surface area (TPSA) is 66.8 Å². The normalized spacial score (nSPS) is 23.7. The Balaban J connectivity index is 2.40. The first-order valence-corrected chi connectivity index (χ1v) is 5.26. The number of carbonyl (C=O) groups is 1. The van der Waals surface area contributed by atoms with Crippen LogP contribution in [0.3, 0.4) is 0 Å². The van der Waals surface area contributed by atoms with Gasteiger partial charge in [0.1, 0.15) is 11.9 Å². The van der Waals surface area contributed by atoms with Gasteiger partial charge in [-0.1, -0.05) is 12.1 Å². The van der Waals surface area contributed by atoms with Crippen LogP contribution >= 0.6 is 0 Å². The minimum atomic E-state index is -0.890. The van der Waals surface area contributed by atoms with Crippen LogP contribution in [-0.4, -0.2) is 22.3 Å². The number of aliphatic hydroxyl groups is 2. The van der Waals surface area contributed by atoms with Gasteiger partial charge in [-0.25, -0.2) is 0 Å². The highest BCUT2D eigenvalue weighted by atomic mass is 16.5. The van der Waals surface area contributed by atoms with Crippen LogP contribution in [0.15, 0.2) is 18.2 Å². The van der Waals surface area contributed by atoms with Crippen LogP contribution in [0.1, 0.15) is 30.6 Å². The first kappa shape index (κ1) is 11.1. The van der Waals surface area contributed by atoms with Gasteiger partial charge in [-0.15, -0.1) is 0 Å². The number of hydrogen-bond donors (Lipinski definition) is 2. The Morgan fingerprint density at radius 3 is 2.88 bits per heavy atom. The Kier molecular flexibility index (Phi) is 2.94. The zero-order valence-corrected chi connectivity index (χ0v) is 9.01. The van der Waals surface area contributed by atoms with Gasteiger partial charge in [0.25, 0.3) is 0 Å². The van der Waals surface area contributed by atoms with Gasteiger partial charge in [0.05, 0.1) is 6.10 Å². The fraction of sp³-hybridized carbons (Fsp3) is 0.417. The first-order valence-electron chi connectivity index (χ1n) is 5.26. The maximum Gasteiger partial charge on any atom is 0.308 e. The Morgan fingerprint density at radius 2 is 2.19 bits per heavy atom. The van der Waals surface area contributed by atoms with Crippen LogP contribution in [0.25, 0.3) is 0 Å². The summed E-state index contributed by atoms with van der Waals surface area (Å²) in [7, 11) is 0. The van der Waals surface area contributed by atoms with Crippen molar-refractivity contribution >= 4 is 5.97 Å². The molecular weight excluding hydrogens is 208 g/mol. The fourth-order valence-electron chi connectivity index (χ4n) is 2.04. The molecule has 0 saturated carbocycles. The third-order valence-electron chi connectivity index (χ3n) is 2.80. The van der Waals surface area contributed by atoms with E-state index in [1.54, 1.807) is 18.2 Å². The average molecular weight is 222 g/mol. The Morgan fingerprint density at radius 1 is 1.44 bits per heavy atom. The van der Waals surface area contributed by atoms with Crippen molar-refractivity contribution in [1.29, 1.82) is 0 Å². The van der Waals surface area contributed by atoms with E-state index in [0.29, 0.717) is 24.2 Å². The fourth-order valence-corrected chi connectivity index (χ4v) is 2.04. The molecule has 0 spiro atoms. The van der Waals surface area contributed by atoms with E-state index in [9.17, 15) is 15.0 Å². The van der Waals surface area contributed by atoms with Gasteiger partial charge in [-0.2, -0.15) is 0 Å². The van der Waals surface area contributed by atoms with E-state index < -0.39 is 12.2 Å². The molecule has 1 aliphatic rings. The van der Waals surface area contributed by atoms with E-state index in [4.69, 9.17) is 4.74 Å². The molecule has 1 aromatic carbocycles. The lowest BCUT2D eigenvalue weighted by Crippen LogP contribution is -2.25. The summed E-state index contributed by atoms with van der Waals surface area (Å²) in [4.78, 5) is 10.9. The number of fused-ring (bicyclic) bond motifs is 1. The molecule has 2 rings (SSSR count). The second kappa shape index (κ2) is 4.23. The number of hydrogen-bond acceptors (Lipinski definition) is 4. The molecule has 0 bridgehead atoms.